The summed E-state index contributed by atoms with van der Waals surface area (Å²) in [6, 6.07) is 1.87. The van der Waals surface area contributed by atoms with Crippen LogP contribution in [0.15, 0.2) is 31.0 Å². The highest BCUT2D eigenvalue weighted by Crippen LogP contribution is 2.21. The molecule has 0 spiro atoms. The molecule has 17 heavy (non-hydrogen) atoms. The number of pyridine rings is 1. The fourth-order valence-electron chi connectivity index (χ4n) is 1.74. The molecule has 2 rings (SSSR count). The summed E-state index contributed by atoms with van der Waals surface area (Å²) in [5.74, 6) is 5.58. The highest BCUT2D eigenvalue weighted by Gasteiger charge is 2.15. The van der Waals surface area contributed by atoms with Crippen molar-refractivity contribution in [2.45, 2.75) is 12.5 Å². The van der Waals surface area contributed by atoms with E-state index in [4.69, 9.17) is 17.4 Å². The van der Waals surface area contributed by atoms with Crippen LogP contribution in [0.1, 0.15) is 17.3 Å². The Morgan fingerprint density at radius 3 is 2.88 bits per heavy atom. The quantitative estimate of drug-likeness (QED) is 0.633. The molecule has 90 valence electrons. The maximum atomic E-state index is 6.07. The van der Waals surface area contributed by atoms with E-state index in [-0.39, 0.29) is 6.04 Å². The number of nitrogens with zero attached hydrogens (tertiary/aromatic N) is 3. The summed E-state index contributed by atoms with van der Waals surface area (Å²) in [4.78, 5) is 8.03. The lowest BCUT2D eigenvalue weighted by Gasteiger charge is -2.16. The normalized spacial score (nSPS) is 12.6. The Kier molecular flexibility index (Phi) is 3.73. The molecule has 0 amide bonds. The van der Waals surface area contributed by atoms with Crippen molar-refractivity contribution >= 4 is 11.6 Å². The third kappa shape index (κ3) is 2.63. The van der Waals surface area contributed by atoms with Crippen molar-refractivity contribution in [2.75, 3.05) is 0 Å². The van der Waals surface area contributed by atoms with Gasteiger partial charge in [0.2, 0.25) is 0 Å². The largest absolute Gasteiger partial charge is 0.336 e. The van der Waals surface area contributed by atoms with Gasteiger partial charge >= 0.3 is 0 Å². The molecule has 5 nitrogen and oxygen atoms in total. The van der Waals surface area contributed by atoms with Gasteiger partial charge in [0.25, 0.3) is 0 Å². The summed E-state index contributed by atoms with van der Waals surface area (Å²) in [5, 5.41) is 0.648. The van der Waals surface area contributed by atoms with Gasteiger partial charge in [-0.15, -0.1) is 0 Å². The van der Waals surface area contributed by atoms with Crippen LogP contribution in [0, 0.1) is 0 Å². The van der Waals surface area contributed by atoms with Gasteiger partial charge in [-0.1, -0.05) is 11.6 Å². The summed E-state index contributed by atoms with van der Waals surface area (Å²) >= 11 is 6.07. The van der Waals surface area contributed by atoms with E-state index >= 15 is 0 Å². The molecule has 0 aromatic carbocycles. The number of aromatic nitrogens is 3. The average Bonchev–Trinajstić information content (AvgIpc) is 2.75. The Hall–Kier alpha value is -1.43. The van der Waals surface area contributed by atoms with Crippen molar-refractivity contribution in [1.29, 1.82) is 0 Å². The predicted molar refractivity (Wildman–Crippen MR) is 66.2 cm³/mol. The van der Waals surface area contributed by atoms with Crippen LogP contribution in [-0.2, 0) is 13.5 Å². The Balaban J connectivity index is 2.22. The van der Waals surface area contributed by atoms with Gasteiger partial charge in [-0.25, -0.2) is 4.98 Å². The van der Waals surface area contributed by atoms with Crippen LogP contribution in [0.5, 0.6) is 0 Å². The van der Waals surface area contributed by atoms with E-state index in [1.165, 1.54) is 0 Å². The maximum absolute atomic E-state index is 6.07. The molecular weight excluding hydrogens is 238 g/mol. The molecule has 2 heterocycles. The van der Waals surface area contributed by atoms with Crippen molar-refractivity contribution in [3.63, 3.8) is 0 Å². The summed E-state index contributed by atoms with van der Waals surface area (Å²) in [7, 11) is 1.93. The molecular formula is C11H14ClN5. The SMILES string of the molecule is Cn1cncc1C(Cc1ccncc1Cl)NN. The third-order valence-electron chi connectivity index (χ3n) is 2.69. The number of halogens is 1. The van der Waals surface area contributed by atoms with Crippen molar-refractivity contribution in [3.05, 3.63) is 47.3 Å². The van der Waals surface area contributed by atoms with Gasteiger partial charge in [0.1, 0.15) is 0 Å². The van der Waals surface area contributed by atoms with Crippen LogP contribution < -0.4 is 11.3 Å². The molecule has 0 fully saturated rings. The fraction of sp³-hybridized carbons (Fsp3) is 0.273. The zero-order chi connectivity index (χ0) is 12.3. The minimum atomic E-state index is -0.0256. The molecule has 1 atom stereocenters. The highest BCUT2D eigenvalue weighted by atomic mass is 35.5. The molecule has 2 aromatic rings. The van der Waals surface area contributed by atoms with Crippen molar-refractivity contribution in [2.24, 2.45) is 12.9 Å². The van der Waals surface area contributed by atoms with Crippen molar-refractivity contribution < 1.29 is 0 Å². The number of hydrogen-bond acceptors (Lipinski definition) is 4. The van der Waals surface area contributed by atoms with Crippen LogP contribution in [0.2, 0.25) is 5.02 Å². The van der Waals surface area contributed by atoms with Gasteiger partial charge < -0.3 is 4.57 Å². The third-order valence-corrected chi connectivity index (χ3v) is 3.03. The minimum absolute atomic E-state index is 0.0256. The molecule has 0 radical (unpaired) electrons. The smallest absolute Gasteiger partial charge is 0.0946 e. The van der Waals surface area contributed by atoms with Gasteiger partial charge in [0, 0.05) is 25.6 Å². The van der Waals surface area contributed by atoms with Crippen LogP contribution >= 0.6 is 11.6 Å². The van der Waals surface area contributed by atoms with Gasteiger partial charge in [0.15, 0.2) is 0 Å². The Labute approximate surface area is 105 Å². The van der Waals surface area contributed by atoms with E-state index < -0.39 is 0 Å². The highest BCUT2D eigenvalue weighted by molar-refractivity contribution is 6.31. The molecule has 0 aliphatic carbocycles. The Morgan fingerprint density at radius 2 is 2.29 bits per heavy atom. The number of imidazole rings is 1. The molecule has 1 unspecified atom stereocenters. The lowest BCUT2D eigenvalue weighted by Crippen LogP contribution is -2.31. The van der Waals surface area contributed by atoms with E-state index in [1.807, 2.05) is 17.7 Å². The van der Waals surface area contributed by atoms with E-state index in [1.54, 1.807) is 24.9 Å². The van der Waals surface area contributed by atoms with Gasteiger partial charge in [0.05, 0.1) is 23.1 Å². The van der Waals surface area contributed by atoms with Gasteiger partial charge in [-0.2, -0.15) is 0 Å². The lowest BCUT2D eigenvalue weighted by atomic mass is 10.1. The summed E-state index contributed by atoms with van der Waals surface area (Å²) < 4.78 is 1.93. The molecule has 0 saturated carbocycles. The van der Waals surface area contributed by atoms with Crippen LogP contribution in [-0.4, -0.2) is 14.5 Å². The molecule has 0 aliphatic rings. The second-order valence-electron chi connectivity index (χ2n) is 3.82. The molecule has 0 saturated heterocycles. The number of hydrazine groups is 1. The second kappa shape index (κ2) is 5.27. The monoisotopic (exact) mass is 251 g/mol. The first-order chi connectivity index (χ1) is 8.22. The molecule has 6 heteroatoms. The first kappa shape index (κ1) is 12.0. The number of hydrogen-bond donors (Lipinski definition) is 2. The van der Waals surface area contributed by atoms with E-state index in [2.05, 4.69) is 15.4 Å². The maximum Gasteiger partial charge on any atom is 0.0946 e. The summed E-state index contributed by atoms with van der Waals surface area (Å²) in [6.07, 6.45) is 7.58. The fourth-order valence-corrected chi connectivity index (χ4v) is 1.94. The molecule has 3 N–H and O–H groups in total. The number of nitrogens with two attached hydrogens (primary N) is 1. The lowest BCUT2D eigenvalue weighted by molar-refractivity contribution is 0.521. The van der Waals surface area contributed by atoms with Gasteiger partial charge in [-0.3, -0.25) is 16.3 Å². The average molecular weight is 252 g/mol. The molecule has 0 bridgehead atoms. The molecule has 0 aliphatic heterocycles. The van der Waals surface area contributed by atoms with Crippen LogP contribution in [0.4, 0.5) is 0 Å². The Morgan fingerprint density at radius 1 is 1.47 bits per heavy atom. The predicted octanol–water partition coefficient (Wildman–Crippen LogP) is 1.22. The zero-order valence-electron chi connectivity index (χ0n) is 9.47. The van der Waals surface area contributed by atoms with Crippen LogP contribution in [0.25, 0.3) is 0 Å². The number of nitrogens with one attached hydrogen (secondary N) is 1. The van der Waals surface area contributed by atoms with E-state index in [0.717, 1.165) is 11.3 Å². The topological polar surface area (TPSA) is 68.8 Å². The number of aryl methyl sites for hydroxylation is 1. The van der Waals surface area contributed by atoms with E-state index in [9.17, 15) is 0 Å². The van der Waals surface area contributed by atoms with Gasteiger partial charge in [-0.05, 0) is 18.1 Å². The van der Waals surface area contributed by atoms with Crippen molar-refractivity contribution in [3.8, 4) is 0 Å². The molecule has 2 aromatic heterocycles. The van der Waals surface area contributed by atoms with Crippen molar-refractivity contribution in [1.82, 2.24) is 20.0 Å². The van der Waals surface area contributed by atoms with E-state index in [0.29, 0.717) is 11.4 Å². The zero-order valence-corrected chi connectivity index (χ0v) is 10.2. The summed E-state index contributed by atoms with van der Waals surface area (Å²) in [6.45, 7) is 0. The number of rotatable bonds is 4. The van der Waals surface area contributed by atoms with Crippen LogP contribution in [0.3, 0.4) is 0 Å². The first-order valence-electron chi connectivity index (χ1n) is 5.23. The summed E-state index contributed by atoms with van der Waals surface area (Å²) in [5.41, 5.74) is 4.80. The first-order valence-corrected chi connectivity index (χ1v) is 5.61. The standard InChI is InChI=1S/C11H14ClN5/c1-17-7-15-6-11(17)10(16-13)4-8-2-3-14-5-9(8)12/h2-3,5-7,10,16H,4,13H2,1H3. The second-order valence-corrected chi connectivity index (χ2v) is 4.23. The minimum Gasteiger partial charge on any atom is -0.336 e. The Bertz CT molecular complexity index is 496.